The average molecular weight is 238 g/mol. The fraction of sp³-hybridized carbons (Fsp3) is 0.364. The fourth-order valence-electron chi connectivity index (χ4n) is 1.30. The van der Waals surface area contributed by atoms with Gasteiger partial charge in [-0.25, -0.2) is 0 Å². The van der Waals surface area contributed by atoms with Crippen LogP contribution in [0.5, 0.6) is 0 Å². The van der Waals surface area contributed by atoms with Gasteiger partial charge < -0.3 is 10.1 Å². The van der Waals surface area contributed by atoms with Gasteiger partial charge in [0.05, 0.1) is 16.2 Å². The zero-order chi connectivity index (χ0) is 13.0. The van der Waals surface area contributed by atoms with Crippen LogP contribution in [0.25, 0.3) is 0 Å². The van der Waals surface area contributed by atoms with E-state index >= 15 is 0 Å². The summed E-state index contributed by atoms with van der Waals surface area (Å²) < 4.78 is 4.86. The quantitative estimate of drug-likeness (QED) is 0.641. The van der Waals surface area contributed by atoms with Crippen molar-refractivity contribution >= 4 is 17.3 Å². The highest BCUT2D eigenvalue weighted by Crippen LogP contribution is 2.25. The summed E-state index contributed by atoms with van der Waals surface area (Å²) in [4.78, 5) is 21.8. The Labute approximate surface area is 98.7 Å². The van der Waals surface area contributed by atoms with Gasteiger partial charge in [0.25, 0.3) is 11.6 Å². The minimum Gasteiger partial charge on any atom is -0.372 e. The van der Waals surface area contributed by atoms with E-state index in [2.05, 4.69) is 5.32 Å². The number of carbonyl (C=O) groups excluding carboxylic acids is 1. The monoisotopic (exact) mass is 238 g/mol. The zero-order valence-electron chi connectivity index (χ0n) is 9.89. The second kappa shape index (κ2) is 5.40. The van der Waals surface area contributed by atoms with Gasteiger partial charge in [-0.3, -0.25) is 14.9 Å². The van der Waals surface area contributed by atoms with E-state index in [1.807, 2.05) is 0 Å². The normalized spacial score (nSPS) is 11.9. The van der Waals surface area contributed by atoms with Crippen molar-refractivity contribution in [2.24, 2.45) is 0 Å². The van der Waals surface area contributed by atoms with Crippen LogP contribution >= 0.6 is 0 Å². The lowest BCUT2D eigenvalue weighted by Crippen LogP contribution is -2.26. The van der Waals surface area contributed by atoms with Crippen LogP contribution in [0.2, 0.25) is 0 Å². The third-order valence-corrected chi connectivity index (χ3v) is 2.48. The van der Waals surface area contributed by atoms with Crippen LogP contribution in [-0.2, 0) is 9.53 Å². The van der Waals surface area contributed by atoms with Crippen LogP contribution in [0.15, 0.2) is 18.2 Å². The average Bonchev–Trinajstić information content (AvgIpc) is 2.30. The number of nitro groups is 1. The molecule has 1 aromatic carbocycles. The van der Waals surface area contributed by atoms with Crippen molar-refractivity contribution in [2.75, 3.05) is 12.4 Å². The Balaban J connectivity index is 2.96. The van der Waals surface area contributed by atoms with Crippen molar-refractivity contribution in [1.29, 1.82) is 0 Å². The van der Waals surface area contributed by atoms with Gasteiger partial charge in [0.2, 0.25) is 0 Å². The first-order valence-electron chi connectivity index (χ1n) is 5.05. The molecule has 0 aliphatic heterocycles. The van der Waals surface area contributed by atoms with Crippen molar-refractivity contribution in [3.63, 3.8) is 0 Å². The van der Waals surface area contributed by atoms with Crippen molar-refractivity contribution in [1.82, 2.24) is 0 Å². The molecule has 6 heteroatoms. The van der Waals surface area contributed by atoms with Crippen LogP contribution in [0.1, 0.15) is 12.5 Å². The number of methoxy groups -OCH3 is 1. The number of anilines is 1. The van der Waals surface area contributed by atoms with E-state index in [0.717, 1.165) is 0 Å². The van der Waals surface area contributed by atoms with Gasteiger partial charge in [0.1, 0.15) is 6.10 Å². The number of carbonyl (C=O) groups is 1. The largest absolute Gasteiger partial charge is 0.372 e. The molecule has 0 aliphatic rings. The summed E-state index contributed by atoms with van der Waals surface area (Å²) >= 11 is 0. The predicted molar refractivity (Wildman–Crippen MR) is 62.9 cm³/mol. The van der Waals surface area contributed by atoms with Gasteiger partial charge in [0, 0.05) is 13.2 Å². The van der Waals surface area contributed by atoms with Gasteiger partial charge in [-0.1, -0.05) is 6.07 Å². The molecular formula is C11H14N2O4. The molecule has 0 spiro atoms. The van der Waals surface area contributed by atoms with Gasteiger partial charge >= 0.3 is 0 Å². The van der Waals surface area contributed by atoms with Crippen LogP contribution in [0.3, 0.4) is 0 Å². The number of nitro benzene ring substituents is 1. The standard InChI is InChI=1S/C11H14N2O4/c1-7-9(12-11(14)8(2)17-3)5-4-6-10(7)13(15)16/h4-6,8H,1-3H3,(H,12,14). The fourth-order valence-corrected chi connectivity index (χ4v) is 1.30. The summed E-state index contributed by atoms with van der Waals surface area (Å²) in [5, 5.41) is 13.3. The maximum atomic E-state index is 11.6. The highest BCUT2D eigenvalue weighted by molar-refractivity contribution is 5.95. The molecule has 0 bridgehead atoms. The molecule has 0 radical (unpaired) electrons. The molecule has 0 saturated heterocycles. The SMILES string of the molecule is COC(C)C(=O)Nc1cccc([N+](=O)[O-])c1C. The van der Waals surface area contributed by atoms with Crippen molar-refractivity contribution in [2.45, 2.75) is 20.0 Å². The number of amides is 1. The number of ether oxygens (including phenoxy) is 1. The summed E-state index contributed by atoms with van der Waals surface area (Å²) in [7, 11) is 1.42. The second-order valence-electron chi connectivity index (χ2n) is 3.57. The van der Waals surface area contributed by atoms with E-state index in [4.69, 9.17) is 4.74 Å². The van der Waals surface area contributed by atoms with E-state index in [9.17, 15) is 14.9 Å². The maximum absolute atomic E-state index is 11.6. The molecule has 17 heavy (non-hydrogen) atoms. The lowest BCUT2D eigenvalue weighted by atomic mass is 10.1. The first kappa shape index (κ1) is 13.1. The maximum Gasteiger partial charge on any atom is 0.274 e. The summed E-state index contributed by atoms with van der Waals surface area (Å²) in [6, 6.07) is 4.53. The Morgan fingerprint density at radius 2 is 2.18 bits per heavy atom. The van der Waals surface area contributed by atoms with Gasteiger partial charge in [0.15, 0.2) is 0 Å². The van der Waals surface area contributed by atoms with E-state index < -0.39 is 11.0 Å². The number of nitrogens with one attached hydrogen (secondary N) is 1. The Morgan fingerprint density at radius 3 is 2.71 bits per heavy atom. The number of rotatable bonds is 4. The first-order chi connectivity index (χ1) is 7.97. The summed E-state index contributed by atoms with van der Waals surface area (Å²) in [6.45, 7) is 3.19. The minimum absolute atomic E-state index is 0.0205. The third kappa shape index (κ3) is 3.01. The van der Waals surface area contributed by atoms with Crippen LogP contribution in [0.4, 0.5) is 11.4 Å². The molecule has 1 unspecified atom stereocenters. The first-order valence-corrected chi connectivity index (χ1v) is 5.05. The molecule has 1 N–H and O–H groups in total. The lowest BCUT2D eigenvalue weighted by molar-refractivity contribution is -0.385. The van der Waals surface area contributed by atoms with Gasteiger partial charge in [-0.15, -0.1) is 0 Å². The Morgan fingerprint density at radius 1 is 1.53 bits per heavy atom. The molecule has 0 heterocycles. The molecule has 1 aromatic rings. The van der Waals surface area contributed by atoms with E-state index in [1.165, 1.54) is 19.2 Å². The second-order valence-corrected chi connectivity index (χ2v) is 3.57. The zero-order valence-corrected chi connectivity index (χ0v) is 9.89. The number of hydrogen-bond acceptors (Lipinski definition) is 4. The van der Waals surface area contributed by atoms with Crippen molar-refractivity contribution in [3.8, 4) is 0 Å². The Hall–Kier alpha value is -1.95. The van der Waals surface area contributed by atoms with Crippen LogP contribution < -0.4 is 5.32 Å². The highest BCUT2D eigenvalue weighted by Gasteiger charge is 2.17. The van der Waals surface area contributed by atoms with Crippen LogP contribution in [0, 0.1) is 17.0 Å². The van der Waals surface area contributed by atoms with E-state index in [1.54, 1.807) is 19.9 Å². The molecule has 0 saturated carbocycles. The van der Waals surface area contributed by atoms with Gasteiger partial charge in [-0.2, -0.15) is 0 Å². The van der Waals surface area contributed by atoms with E-state index in [-0.39, 0.29) is 11.6 Å². The number of benzene rings is 1. The number of nitrogens with zero attached hydrogens (tertiary/aromatic N) is 1. The molecule has 6 nitrogen and oxygen atoms in total. The molecule has 0 fully saturated rings. The molecule has 1 rings (SSSR count). The lowest BCUT2D eigenvalue weighted by Gasteiger charge is -2.12. The van der Waals surface area contributed by atoms with E-state index in [0.29, 0.717) is 11.3 Å². The summed E-state index contributed by atoms with van der Waals surface area (Å²) in [5.41, 5.74) is 0.829. The Kier molecular flexibility index (Phi) is 4.17. The molecule has 92 valence electrons. The van der Waals surface area contributed by atoms with Crippen LogP contribution in [-0.4, -0.2) is 24.0 Å². The topological polar surface area (TPSA) is 81.5 Å². The van der Waals surface area contributed by atoms with Crippen molar-refractivity contribution in [3.05, 3.63) is 33.9 Å². The van der Waals surface area contributed by atoms with Crippen molar-refractivity contribution < 1.29 is 14.5 Å². The molecule has 1 atom stereocenters. The number of hydrogen-bond donors (Lipinski definition) is 1. The molecular weight excluding hydrogens is 224 g/mol. The molecule has 0 aliphatic carbocycles. The minimum atomic E-state index is -0.603. The predicted octanol–water partition coefficient (Wildman–Crippen LogP) is 1.88. The molecule has 0 aromatic heterocycles. The Bertz CT molecular complexity index is 445. The highest BCUT2D eigenvalue weighted by atomic mass is 16.6. The smallest absolute Gasteiger partial charge is 0.274 e. The molecule has 1 amide bonds. The van der Waals surface area contributed by atoms with Gasteiger partial charge in [-0.05, 0) is 19.9 Å². The third-order valence-electron chi connectivity index (χ3n) is 2.48. The summed E-state index contributed by atoms with van der Waals surface area (Å²) in [5.74, 6) is -0.337. The summed E-state index contributed by atoms with van der Waals surface area (Å²) in [6.07, 6.45) is -0.603.